The van der Waals surface area contributed by atoms with Crippen LogP contribution in [-0.2, 0) is 33.3 Å². The molecule has 2 heterocycles. The molecule has 188 valence electrons. The van der Waals surface area contributed by atoms with Gasteiger partial charge in [0.1, 0.15) is 18.3 Å². The van der Waals surface area contributed by atoms with Crippen molar-refractivity contribution in [2.24, 2.45) is 23.2 Å². The summed E-state index contributed by atoms with van der Waals surface area (Å²) in [7, 11) is 0. The molecule has 34 heavy (non-hydrogen) atoms. The Balaban J connectivity index is 1.95. The quantitative estimate of drug-likeness (QED) is 0.287. The van der Waals surface area contributed by atoms with Crippen LogP contribution in [0.3, 0.4) is 0 Å². The second-order valence-electron chi connectivity index (χ2n) is 10.0. The lowest BCUT2D eigenvalue weighted by Gasteiger charge is -2.53. The molecule has 0 radical (unpaired) electrons. The summed E-state index contributed by atoms with van der Waals surface area (Å²) in [4.78, 5) is 36.8. The van der Waals surface area contributed by atoms with Crippen molar-refractivity contribution < 1.29 is 48.7 Å². The van der Waals surface area contributed by atoms with Crippen molar-refractivity contribution in [2.45, 2.75) is 76.8 Å². The number of rotatable bonds is 3. The second-order valence-corrected chi connectivity index (χ2v) is 10.0. The predicted molar refractivity (Wildman–Crippen MR) is 115 cm³/mol. The van der Waals surface area contributed by atoms with Gasteiger partial charge in [0.15, 0.2) is 11.7 Å². The maximum Gasteiger partial charge on any atom is 0.312 e. The van der Waals surface area contributed by atoms with Crippen molar-refractivity contribution in [3.8, 4) is 0 Å². The molecule has 2 aliphatic carbocycles. The Hall–Kier alpha value is -2.27. The molecule has 3 fully saturated rings. The summed E-state index contributed by atoms with van der Waals surface area (Å²) < 4.78 is 22.7. The molecule has 4 aliphatic rings. The number of hydrogen-bond donors (Lipinski definition) is 3. The molecular weight excluding hydrogens is 448 g/mol. The Morgan fingerprint density at radius 1 is 1.18 bits per heavy atom. The molecule has 3 N–H and O–H groups in total. The van der Waals surface area contributed by atoms with E-state index in [0.29, 0.717) is 5.57 Å². The van der Waals surface area contributed by atoms with Gasteiger partial charge in [0.05, 0.1) is 24.7 Å². The second kappa shape index (κ2) is 8.44. The summed E-state index contributed by atoms with van der Waals surface area (Å²) in [6, 6.07) is 0. The standard InChI is InChI=1S/C24H32O10/c1-10-17-20(32-13(4)27)24(30)11(2)22(29)33-16(24)8-14(9-25)6-7-15(28)23(17,5)21-19(34-21)18(10)31-12(3)26/h6-8,10-11,15-21,25,28,30H,9H2,1-5H3/b7-6-,14-8-/t10-,11+,15+,16+,17-,18-,19+,20+,21+,23-,24+/m0/s1. The summed E-state index contributed by atoms with van der Waals surface area (Å²) in [6.07, 6.45) is -1.07. The minimum Gasteiger partial charge on any atom is -0.459 e. The molecule has 0 spiro atoms. The average molecular weight is 481 g/mol. The largest absolute Gasteiger partial charge is 0.459 e. The smallest absolute Gasteiger partial charge is 0.312 e. The van der Waals surface area contributed by atoms with Gasteiger partial charge in [0, 0.05) is 31.1 Å². The number of aliphatic hydroxyl groups excluding tert-OH is 2. The van der Waals surface area contributed by atoms with Gasteiger partial charge in [0.2, 0.25) is 0 Å². The van der Waals surface area contributed by atoms with Crippen LogP contribution in [0.5, 0.6) is 0 Å². The lowest BCUT2D eigenvalue weighted by atomic mass is 9.54. The van der Waals surface area contributed by atoms with E-state index in [2.05, 4.69) is 0 Å². The monoisotopic (exact) mass is 480 g/mol. The molecule has 10 heteroatoms. The van der Waals surface area contributed by atoms with Crippen LogP contribution < -0.4 is 0 Å². The van der Waals surface area contributed by atoms with Gasteiger partial charge < -0.3 is 34.3 Å². The number of fused-ring (bicyclic) bond motifs is 4. The van der Waals surface area contributed by atoms with Crippen LogP contribution in [0.25, 0.3) is 0 Å². The normalized spacial score (nSPS) is 49.8. The van der Waals surface area contributed by atoms with E-state index in [0.717, 1.165) is 0 Å². The fourth-order valence-electron chi connectivity index (χ4n) is 6.21. The van der Waals surface area contributed by atoms with Gasteiger partial charge in [-0.05, 0) is 18.6 Å². The number of carbonyl (C=O) groups is 3. The number of hydrogen-bond acceptors (Lipinski definition) is 10. The van der Waals surface area contributed by atoms with Crippen molar-refractivity contribution in [3.05, 3.63) is 23.8 Å². The molecule has 11 atom stereocenters. The van der Waals surface area contributed by atoms with Crippen molar-refractivity contribution in [1.29, 1.82) is 0 Å². The summed E-state index contributed by atoms with van der Waals surface area (Å²) in [5, 5.41) is 33.3. The van der Waals surface area contributed by atoms with E-state index in [1.807, 2.05) is 0 Å². The molecule has 0 aromatic rings. The maximum atomic E-state index is 12.7. The molecule has 0 bridgehead atoms. The molecule has 4 rings (SSSR count). The highest BCUT2D eigenvalue weighted by Crippen LogP contribution is 2.61. The molecule has 0 amide bonds. The summed E-state index contributed by atoms with van der Waals surface area (Å²) in [5.74, 6) is -4.35. The van der Waals surface area contributed by atoms with Gasteiger partial charge >= 0.3 is 17.9 Å². The first-order valence-corrected chi connectivity index (χ1v) is 11.5. The Kier molecular flexibility index (Phi) is 6.17. The third-order valence-electron chi connectivity index (χ3n) is 8.07. The van der Waals surface area contributed by atoms with E-state index in [1.165, 1.54) is 39.0 Å². The maximum absolute atomic E-state index is 12.7. The highest BCUT2D eigenvalue weighted by atomic mass is 16.6. The van der Waals surface area contributed by atoms with Gasteiger partial charge in [-0.2, -0.15) is 0 Å². The predicted octanol–water partition coefficient (Wildman–Crippen LogP) is 0.0314. The van der Waals surface area contributed by atoms with Gasteiger partial charge in [-0.3, -0.25) is 14.4 Å². The van der Waals surface area contributed by atoms with Crippen LogP contribution in [-0.4, -0.2) is 82.1 Å². The van der Waals surface area contributed by atoms with Crippen LogP contribution in [0.15, 0.2) is 23.8 Å². The van der Waals surface area contributed by atoms with Crippen molar-refractivity contribution in [1.82, 2.24) is 0 Å². The van der Waals surface area contributed by atoms with Gasteiger partial charge in [-0.1, -0.05) is 26.0 Å². The number of aliphatic hydroxyl groups is 3. The van der Waals surface area contributed by atoms with Crippen molar-refractivity contribution in [2.75, 3.05) is 6.61 Å². The van der Waals surface area contributed by atoms with Crippen LogP contribution in [0.4, 0.5) is 0 Å². The third-order valence-corrected chi connectivity index (χ3v) is 8.07. The van der Waals surface area contributed by atoms with Gasteiger partial charge in [-0.15, -0.1) is 0 Å². The first-order valence-electron chi connectivity index (χ1n) is 11.5. The SMILES string of the molecule is CC(=O)O[C@H]1[C@@H](C)[C@H]2[C@@H](OC(C)=O)[C@@]3(O)[C@H](C)C(=O)O[C@@H]3/C=C(CO)/C=C\[C@@H](O)[C@]2(C)[C@@H]2O[C@H]12. The van der Waals surface area contributed by atoms with E-state index in [4.69, 9.17) is 18.9 Å². The zero-order chi connectivity index (χ0) is 25.2. The van der Waals surface area contributed by atoms with Gasteiger partial charge in [-0.25, -0.2) is 0 Å². The van der Waals surface area contributed by atoms with Crippen LogP contribution in [0.1, 0.15) is 34.6 Å². The van der Waals surface area contributed by atoms with Crippen LogP contribution >= 0.6 is 0 Å². The topological polar surface area (TPSA) is 152 Å². The Morgan fingerprint density at radius 2 is 1.82 bits per heavy atom. The zero-order valence-electron chi connectivity index (χ0n) is 19.8. The molecule has 0 aromatic heterocycles. The minimum atomic E-state index is -2.03. The fraction of sp³-hybridized carbons (Fsp3) is 0.708. The van der Waals surface area contributed by atoms with Crippen LogP contribution in [0.2, 0.25) is 0 Å². The molecule has 2 aliphatic heterocycles. The summed E-state index contributed by atoms with van der Waals surface area (Å²) >= 11 is 0. The van der Waals surface area contributed by atoms with E-state index < -0.39 is 89.9 Å². The summed E-state index contributed by atoms with van der Waals surface area (Å²) in [5.41, 5.74) is -2.83. The Labute approximate surface area is 197 Å². The highest BCUT2D eigenvalue weighted by Gasteiger charge is 2.74. The Bertz CT molecular complexity index is 942. The first-order chi connectivity index (χ1) is 15.9. The third kappa shape index (κ3) is 3.59. The van der Waals surface area contributed by atoms with E-state index in [1.54, 1.807) is 13.8 Å². The first kappa shape index (κ1) is 24.8. The average Bonchev–Trinajstić information content (AvgIpc) is 3.53. The van der Waals surface area contributed by atoms with Gasteiger partial charge in [0.25, 0.3) is 0 Å². The van der Waals surface area contributed by atoms with Crippen LogP contribution in [0, 0.1) is 23.2 Å². The van der Waals surface area contributed by atoms with Crippen molar-refractivity contribution >= 4 is 17.9 Å². The summed E-state index contributed by atoms with van der Waals surface area (Å²) in [6.45, 7) is 7.06. The van der Waals surface area contributed by atoms with E-state index in [-0.39, 0.29) is 0 Å². The number of esters is 3. The molecular formula is C24H32O10. The molecule has 0 aromatic carbocycles. The number of carbonyl (C=O) groups excluding carboxylic acids is 3. The minimum absolute atomic E-state index is 0.308. The fourth-order valence-corrected chi connectivity index (χ4v) is 6.21. The highest BCUT2D eigenvalue weighted by molar-refractivity contribution is 5.77. The van der Waals surface area contributed by atoms with Crippen molar-refractivity contribution in [3.63, 3.8) is 0 Å². The zero-order valence-corrected chi connectivity index (χ0v) is 19.8. The lowest BCUT2D eigenvalue weighted by Crippen LogP contribution is -2.66. The number of epoxide rings is 1. The molecule has 0 unspecified atom stereocenters. The molecule has 2 saturated heterocycles. The Morgan fingerprint density at radius 3 is 2.41 bits per heavy atom. The number of ether oxygens (including phenoxy) is 4. The lowest BCUT2D eigenvalue weighted by molar-refractivity contribution is -0.216. The molecule has 1 saturated carbocycles. The van der Waals surface area contributed by atoms with E-state index in [9.17, 15) is 29.7 Å². The van der Waals surface area contributed by atoms with E-state index >= 15 is 0 Å². The molecule has 10 nitrogen and oxygen atoms in total.